The van der Waals surface area contributed by atoms with Crippen LogP contribution >= 0.6 is 12.4 Å². The van der Waals surface area contributed by atoms with Crippen molar-refractivity contribution in [2.75, 3.05) is 47.1 Å². The number of carbonyl (C=O) groups excluding carboxylic acids is 2. The van der Waals surface area contributed by atoms with Gasteiger partial charge in [0.15, 0.2) is 11.5 Å². The standard InChI is InChI=1S/C34H37FN6O6S.ClH/c1-22(42)37-30-18-27(9-11-29(30)35)39-34(43)38-26-7-5-24(6-8-26)25-14-16-41(17-15-25)21-23-4-13-33(36-20-23)47-31-12-10-28(19-32(31)46-2)40-48(3,44)45;/h4-13,18-20,25,40H,14-17,21H2,1-3H3,(H,37,42)(H2,38,39,43);1H. The van der Waals surface area contributed by atoms with Crippen molar-refractivity contribution in [1.29, 1.82) is 0 Å². The summed E-state index contributed by atoms with van der Waals surface area (Å²) in [6.45, 7) is 3.89. The monoisotopic (exact) mass is 712 g/mol. The highest BCUT2D eigenvalue weighted by Gasteiger charge is 2.21. The van der Waals surface area contributed by atoms with Crippen LogP contribution in [0.1, 0.15) is 36.8 Å². The van der Waals surface area contributed by atoms with Crippen LogP contribution in [0.15, 0.2) is 79.0 Å². The number of ether oxygens (including phenoxy) is 2. The third-order valence-corrected chi connectivity index (χ3v) is 8.25. The van der Waals surface area contributed by atoms with E-state index in [1.165, 1.54) is 37.8 Å². The summed E-state index contributed by atoms with van der Waals surface area (Å²) in [4.78, 5) is 30.6. The Balaban J connectivity index is 0.00000541. The normalized spacial score (nSPS) is 13.5. The number of amides is 3. The molecule has 1 aliphatic heterocycles. The third-order valence-electron chi connectivity index (χ3n) is 7.65. The maximum atomic E-state index is 13.9. The van der Waals surface area contributed by atoms with Crippen LogP contribution in [0.5, 0.6) is 17.4 Å². The molecular weight excluding hydrogens is 675 g/mol. The van der Waals surface area contributed by atoms with Crippen LogP contribution in [0, 0.1) is 5.82 Å². The molecule has 15 heteroatoms. The Hall–Kier alpha value is -4.92. The summed E-state index contributed by atoms with van der Waals surface area (Å²) >= 11 is 0. The van der Waals surface area contributed by atoms with Gasteiger partial charge < -0.3 is 25.4 Å². The second kappa shape index (κ2) is 16.5. The Morgan fingerprint density at radius 1 is 0.898 bits per heavy atom. The van der Waals surface area contributed by atoms with Gasteiger partial charge in [0.05, 0.1) is 24.7 Å². The lowest BCUT2D eigenvalue weighted by Crippen LogP contribution is -2.32. The van der Waals surface area contributed by atoms with E-state index in [9.17, 15) is 22.4 Å². The van der Waals surface area contributed by atoms with Crippen molar-refractivity contribution in [1.82, 2.24) is 9.88 Å². The molecule has 1 fully saturated rings. The number of urea groups is 1. The molecule has 1 aliphatic rings. The highest BCUT2D eigenvalue weighted by atomic mass is 35.5. The molecule has 0 atom stereocenters. The van der Waals surface area contributed by atoms with E-state index < -0.39 is 27.8 Å². The number of carbonyl (C=O) groups is 2. The first kappa shape index (κ1) is 36.9. The van der Waals surface area contributed by atoms with Crippen LogP contribution in [-0.2, 0) is 21.4 Å². The minimum Gasteiger partial charge on any atom is -0.493 e. The Kier molecular flexibility index (Phi) is 12.4. The maximum absolute atomic E-state index is 13.9. The number of aromatic nitrogens is 1. The Morgan fingerprint density at radius 3 is 2.20 bits per heavy atom. The number of likely N-dealkylation sites (tertiary alicyclic amines) is 1. The van der Waals surface area contributed by atoms with E-state index in [1.807, 2.05) is 30.3 Å². The van der Waals surface area contributed by atoms with E-state index in [0.717, 1.165) is 44.3 Å². The van der Waals surface area contributed by atoms with Gasteiger partial charge in [-0.05, 0) is 85.4 Å². The first-order valence-electron chi connectivity index (χ1n) is 15.2. The molecule has 0 spiro atoms. The molecule has 0 saturated carbocycles. The highest BCUT2D eigenvalue weighted by molar-refractivity contribution is 7.92. The number of pyridine rings is 1. The van der Waals surface area contributed by atoms with Gasteiger partial charge in [0.1, 0.15) is 5.82 Å². The van der Waals surface area contributed by atoms with Gasteiger partial charge in [-0.2, -0.15) is 0 Å². The summed E-state index contributed by atoms with van der Waals surface area (Å²) in [5.74, 6) is 0.570. The van der Waals surface area contributed by atoms with Gasteiger partial charge in [0.2, 0.25) is 21.8 Å². The molecule has 3 aromatic carbocycles. The van der Waals surface area contributed by atoms with Gasteiger partial charge in [-0.15, -0.1) is 12.4 Å². The predicted molar refractivity (Wildman–Crippen MR) is 190 cm³/mol. The fraction of sp³-hybridized carbons (Fsp3) is 0.265. The summed E-state index contributed by atoms with van der Waals surface area (Å²) in [5, 5.41) is 7.82. The highest BCUT2D eigenvalue weighted by Crippen LogP contribution is 2.34. The molecule has 5 rings (SSSR count). The van der Waals surface area contributed by atoms with E-state index >= 15 is 0 Å². The molecule has 0 aliphatic carbocycles. The first-order valence-corrected chi connectivity index (χ1v) is 17.1. The van der Waals surface area contributed by atoms with Crippen LogP contribution in [0.25, 0.3) is 0 Å². The zero-order chi connectivity index (χ0) is 34.3. The number of halogens is 2. The summed E-state index contributed by atoms with van der Waals surface area (Å²) in [6.07, 6.45) is 4.85. The minimum atomic E-state index is -3.42. The van der Waals surface area contributed by atoms with Crippen LogP contribution in [-0.4, -0.2) is 56.7 Å². The number of sulfonamides is 1. The largest absolute Gasteiger partial charge is 0.493 e. The third kappa shape index (κ3) is 10.8. The number of benzene rings is 3. The van der Waals surface area contributed by atoms with Crippen molar-refractivity contribution in [3.63, 3.8) is 0 Å². The number of nitrogens with one attached hydrogen (secondary N) is 4. The van der Waals surface area contributed by atoms with Gasteiger partial charge in [-0.1, -0.05) is 18.2 Å². The van der Waals surface area contributed by atoms with E-state index in [1.54, 1.807) is 30.5 Å². The molecule has 4 N–H and O–H groups in total. The number of hydrogen-bond donors (Lipinski definition) is 4. The molecule has 0 radical (unpaired) electrons. The number of methoxy groups -OCH3 is 1. The summed E-state index contributed by atoms with van der Waals surface area (Å²) in [5.41, 5.74) is 3.59. The summed E-state index contributed by atoms with van der Waals surface area (Å²) < 4.78 is 50.6. The first-order chi connectivity index (χ1) is 22.9. The van der Waals surface area contributed by atoms with Crippen LogP contribution in [0.2, 0.25) is 0 Å². The molecule has 4 aromatic rings. The zero-order valence-electron chi connectivity index (χ0n) is 27.2. The molecular formula is C34H38ClFN6O6S. The smallest absolute Gasteiger partial charge is 0.323 e. The summed E-state index contributed by atoms with van der Waals surface area (Å²) in [6, 6.07) is 19.8. The summed E-state index contributed by atoms with van der Waals surface area (Å²) in [7, 11) is -1.94. The van der Waals surface area contributed by atoms with Gasteiger partial charge in [0.25, 0.3) is 0 Å². The second-order valence-electron chi connectivity index (χ2n) is 11.5. The van der Waals surface area contributed by atoms with Crippen molar-refractivity contribution in [3.8, 4) is 17.4 Å². The molecule has 12 nitrogen and oxygen atoms in total. The van der Waals surface area contributed by atoms with Crippen molar-refractivity contribution in [2.24, 2.45) is 0 Å². The lowest BCUT2D eigenvalue weighted by Gasteiger charge is -2.32. The quantitative estimate of drug-likeness (QED) is 0.133. The average molecular weight is 713 g/mol. The zero-order valence-corrected chi connectivity index (χ0v) is 28.8. The SMILES string of the molecule is COc1cc(NS(C)(=O)=O)ccc1Oc1ccc(CN2CCC(c3ccc(NC(=O)Nc4ccc(F)c(NC(C)=O)c4)cc3)CC2)cn1.Cl. The number of rotatable bonds is 11. The Labute approximate surface area is 290 Å². The van der Waals surface area contributed by atoms with Crippen LogP contribution < -0.4 is 30.1 Å². The minimum absolute atomic E-state index is 0. The Morgan fingerprint density at radius 2 is 1.57 bits per heavy atom. The van der Waals surface area contributed by atoms with Crippen molar-refractivity contribution >= 4 is 57.1 Å². The van der Waals surface area contributed by atoms with Crippen molar-refractivity contribution in [2.45, 2.75) is 32.2 Å². The lowest BCUT2D eigenvalue weighted by molar-refractivity contribution is -0.114. The molecule has 49 heavy (non-hydrogen) atoms. The van der Waals surface area contributed by atoms with E-state index in [-0.39, 0.29) is 18.1 Å². The fourth-order valence-electron chi connectivity index (χ4n) is 5.41. The molecule has 1 saturated heterocycles. The molecule has 1 aromatic heterocycles. The lowest BCUT2D eigenvalue weighted by atomic mass is 9.89. The van der Waals surface area contributed by atoms with Crippen LogP contribution in [0.3, 0.4) is 0 Å². The predicted octanol–water partition coefficient (Wildman–Crippen LogP) is 6.80. The van der Waals surface area contributed by atoms with Crippen molar-refractivity contribution in [3.05, 3.63) is 95.9 Å². The van der Waals surface area contributed by atoms with Gasteiger partial charge in [0, 0.05) is 43.2 Å². The molecule has 2 heterocycles. The average Bonchev–Trinajstić information content (AvgIpc) is 3.04. The maximum Gasteiger partial charge on any atom is 0.323 e. The number of hydrogen-bond acceptors (Lipinski definition) is 8. The Bertz CT molecular complexity index is 1870. The molecule has 0 bridgehead atoms. The second-order valence-corrected chi connectivity index (χ2v) is 13.2. The van der Waals surface area contributed by atoms with E-state index in [2.05, 4.69) is 30.6 Å². The van der Waals surface area contributed by atoms with Gasteiger partial charge in [-0.25, -0.2) is 22.6 Å². The van der Waals surface area contributed by atoms with E-state index in [0.29, 0.717) is 40.4 Å². The van der Waals surface area contributed by atoms with Gasteiger partial charge in [-0.3, -0.25) is 14.4 Å². The number of anilines is 4. The number of piperidine rings is 1. The molecule has 260 valence electrons. The molecule has 0 unspecified atom stereocenters. The molecule has 3 amide bonds. The number of nitrogens with zero attached hydrogens (tertiary/aromatic N) is 2. The van der Waals surface area contributed by atoms with Gasteiger partial charge >= 0.3 is 6.03 Å². The van der Waals surface area contributed by atoms with Crippen LogP contribution in [0.4, 0.5) is 31.9 Å². The topological polar surface area (TPSA) is 151 Å². The van der Waals surface area contributed by atoms with Crippen molar-refractivity contribution < 1.29 is 31.9 Å². The van der Waals surface area contributed by atoms with E-state index in [4.69, 9.17) is 9.47 Å². The fourth-order valence-corrected chi connectivity index (χ4v) is 5.97.